The van der Waals surface area contributed by atoms with Gasteiger partial charge in [0.15, 0.2) is 0 Å². The van der Waals surface area contributed by atoms with Gasteiger partial charge in [-0.3, -0.25) is 14.2 Å². The van der Waals surface area contributed by atoms with E-state index in [2.05, 4.69) is 10.2 Å². The lowest BCUT2D eigenvalue weighted by atomic mass is 10.2. The first-order valence-corrected chi connectivity index (χ1v) is 7.53. The van der Waals surface area contributed by atoms with E-state index in [1.54, 1.807) is 30.4 Å². The van der Waals surface area contributed by atoms with Crippen LogP contribution in [0.4, 0.5) is 0 Å². The first-order chi connectivity index (χ1) is 10.6. The maximum Gasteiger partial charge on any atom is 0.246 e. The molecule has 2 aromatic heterocycles. The van der Waals surface area contributed by atoms with E-state index in [-0.39, 0.29) is 5.91 Å². The van der Waals surface area contributed by atoms with Crippen LogP contribution in [0.2, 0.25) is 0 Å². The number of carbonyl (C=O) groups is 1. The van der Waals surface area contributed by atoms with Crippen molar-refractivity contribution in [1.29, 1.82) is 0 Å². The fourth-order valence-electron chi connectivity index (χ4n) is 2.33. The molecular weight excluding hydrogens is 278 g/mol. The molecule has 0 saturated carbocycles. The zero-order valence-corrected chi connectivity index (χ0v) is 13.7. The fourth-order valence-corrected chi connectivity index (χ4v) is 2.33. The highest BCUT2D eigenvalue weighted by atomic mass is 16.2. The Morgan fingerprint density at radius 3 is 2.64 bits per heavy atom. The average molecular weight is 301 g/mol. The lowest BCUT2D eigenvalue weighted by Crippen LogP contribution is -2.25. The molecule has 118 valence electrons. The lowest BCUT2D eigenvalue weighted by molar-refractivity contribution is -0.125. The van der Waals surface area contributed by atoms with E-state index in [9.17, 15) is 4.79 Å². The molecule has 0 bridgehead atoms. The molecule has 0 aliphatic rings. The zero-order chi connectivity index (χ0) is 16.1. The molecule has 0 aromatic carbocycles. The largest absolute Gasteiger partial charge is 0.336 e. The zero-order valence-electron chi connectivity index (χ0n) is 13.7. The van der Waals surface area contributed by atoms with E-state index in [0.717, 1.165) is 30.0 Å². The Bertz CT molecular complexity index is 668. The van der Waals surface area contributed by atoms with Crippen molar-refractivity contribution in [3.8, 4) is 0 Å². The van der Waals surface area contributed by atoms with Crippen molar-refractivity contribution >= 4 is 12.0 Å². The number of aryl methyl sites for hydroxylation is 2. The molecule has 6 nitrogen and oxygen atoms in total. The number of nitrogens with zero attached hydrogens (tertiary/aromatic N) is 5. The number of aromatic nitrogens is 4. The number of hydrogen-bond acceptors (Lipinski definition) is 3. The molecule has 0 unspecified atom stereocenters. The Labute approximate surface area is 131 Å². The summed E-state index contributed by atoms with van der Waals surface area (Å²) < 4.78 is 3.80. The summed E-state index contributed by atoms with van der Waals surface area (Å²) in [7, 11) is 1.79. The van der Waals surface area contributed by atoms with Crippen LogP contribution in [-0.4, -0.2) is 37.4 Å². The summed E-state index contributed by atoms with van der Waals surface area (Å²) in [4.78, 5) is 13.9. The summed E-state index contributed by atoms with van der Waals surface area (Å²) in [5.41, 5.74) is 3.07. The molecule has 0 fully saturated rings. The number of likely N-dealkylation sites (N-methyl/N-ethyl adjacent to an activating group) is 1. The predicted octanol–water partition coefficient (Wildman–Crippen LogP) is 2.10. The monoisotopic (exact) mass is 301 g/mol. The minimum Gasteiger partial charge on any atom is -0.336 e. The molecule has 0 aliphatic carbocycles. The van der Waals surface area contributed by atoms with E-state index in [0.29, 0.717) is 6.54 Å². The normalized spacial score (nSPS) is 11.3. The summed E-state index contributed by atoms with van der Waals surface area (Å²) in [5, 5.41) is 8.48. The summed E-state index contributed by atoms with van der Waals surface area (Å²) >= 11 is 0. The summed E-state index contributed by atoms with van der Waals surface area (Å²) in [5.74, 6) is -0.0347. The smallest absolute Gasteiger partial charge is 0.246 e. The number of carbonyl (C=O) groups excluding carboxylic acids is 1. The standard InChI is InChI=1S/C16H23N5O/c1-5-20-13(3)14(11-18-20)7-8-16(22)19(4)12-15-9-10-17-21(15)6-2/h7-11H,5-6,12H2,1-4H3/b8-7+. The van der Waals surface area contributed by atoms with Crippen LogP contribution in [0.1, 0.15) is 30.8 Å². The van der Waals surface area contributed by atoms with Gasteiger partial charge in [-0.2, -0.15) is 10.2 Å². The third-order valence-electron chi connectivity index (χ3n) is 3.73. The van der Waals surface area contributed by atoms with Gasteiger partial charge in [0.25, 0.3) is 0 Å². The van der Waals surface area contributed by atoms with E-state index in [1.165, 1.54) is 0 Å². The lowest BCUT2D eigenvalue weighted by Gasteiger charge is -2.15. The minimum absolute atomic E-state index is 0.0347. The van der Waals surface area contributed by atoms with Crippen molar-refractivity contribution in [3.05, 3.63) is 41.5 Å². The molecule has 6 heteroatoms. The van der Waals surface area contributed by atoms with E-state index < -0.39 is 0 Å². The van der Waals surface area contributed by atoms with Crippen molar-refractivity contribution in [1.82, 2.24) is 24.5 Å². The van der Waals surface area contributed by atoms with Crippen LogP contribution in [-0.2, 0) is 24.4 Å². The Balaban J connectivity index is 2.01. The molecule has 0 N–H and O–H groups in total. The highest BCUT2D eigenvalue weighted by Crippen LogP contribution is 2.10. The highest BCUT2D eigenvalue weighted by Gasteiger charge is 2.09. The Morgan fingerprint density at radius 1 is 1.27 bits per heavy atom. The number of rotatable bonds is 6. The minimum atomic E-state index is -0.0347. The van der Waals surface area contributed by atoms with Gasteiger partial charge < -0.3 is 4.90 Å². The molecule has 2 aromatic rings. The Kier molecular flexibility index (Phi) is 5.14. The van der Waals surface area contributed by atoms with Crippen LogP contribution in [0.25, 0.3) is 6.08 Å². The van der Waals surface area contributed by atoms with Gasteiger partial charge in [-0.25, -0.2) is 0 Å². The maximum absolute atomic E-state index is 12.2. The maximum atomic E-state index is 12.2. The first kappa shape index (κ1) is 16.0. The van der Waals surface area contributed by atoms with Gasteiger partial charge >= 0.3 is 0 Å². The van der Waals surface area contributed by atoms with Gasteiger partial charge in [0.2, 0.25) is 5.91 Å². The SMILES string of the molecule is CCn1nccc1CN(C)C(=O)/C=C/c1cnn(CC)c1C. The molecule has 2 rings (SSSR count). The summed E-state index contributed by atoms with van der Waals surface area (Å²) in [6.45, 7) is 8.26. The van der Waals surface area contributed by atoms with E-state index in [1.807, 2.05) is 42.3 Å². The van der Waals surface area contributed by atoms with Crippen LogP contribution in [0.3, 0.4) is 0 Å². The van der Waals surface area contributed by atoms with Gasteiger partial charge in [0.1, 0.15) is 0 Å². The molecule has 0 spiro atoms. The first-order valence-electron chi connectivity index (χ1n) is 7.53. The second-order valence-corrected chi connectivity index (χ2v) is 5.17. The third kappa shape index (κ3) is 3.44. The second kappa shape index (κ2) is 7.06. The summed E-state index contributed by atoms with van der Waals surface area (Å²) in [6, 6.07) is 1.94. The van der Waals surface area contributed by atoms with Crippen molar-refractivity contribution < 1.29 is 4.79 Å². The molecule has 0 radical (unpaired) electrons. The fraction of sp³-hybridized carbons (Fsp3) is 0.438. The highest BCUT2D eigenvalue weighted by molar-refractivity contribution is 5.91. The third-order valence-corrected chi connectivity index (χ3v) is 3.73. The van der Waals surface area contributed by atoms with Crippen molar-refractivity contribution in [2.75, 3.05) is 7.05 Å². The van der Waals surface area contributed by atoms with Crippen LogP contribution >= 0.6 is 0 Å². The van der Waals surface area contributed by atoms with E-state index >= 15 is 0 Å². The van der Waals surface area contributed by atoms with Gasteiger partial charge in [-0.1, -0.05) is 0 Å². The van der Waals surface area contributed by atoms with Gasteiger partial charge in [-0.15, -0.1) is 0 Å². The van der Waals surface area contributed by atoms with Crippen molar-refractivity contribution in [3.63, 3.8) is 0 Å². The molecule has 0 saturated heterocycles. The molecule has 0 aliphatic heterocycles. The second-order valence-electron chi connectivity index (χ2n) is 5.17. The molecule has 1 amide bonds. The average Bonchev–Trinajstić information content (AvgIpc) is 3.10. The number of hydrogen-bond donors (Lipinski definition) is 0. The van der Waals surface area contributed by atoms with E-state index in [4.69, 9.17) is 0 Å². The quantitative estimate of drug-likeness (QED) is 0.768. The molecule has 22 heavy (non-hydrogen) atoms. The molecule has 0 atom stereocenters. The van der Waals surface area contributed by atoms with Crippen LogP contribution in [0, 0.1) is 6.92 Å². The summed E-state index contributed by atoms with van der Waals surface area (Å²) in [6.07, 6.45) is 6.96. The predicted molar refractivity (Wildman–Crippen MR) is 86.0 cm³/mol. The van der Waals surface area contributed by atoms with Crippen LogP contribution in [0.5, 0.6) is 0 Å². The Morgan fingerprint density at radius 2 is 2.00 bits per heavy atom. The van der Waals surface area contributed by atoms with Gasteiger partial charge in [0.05, 0.1) is 18.4 Å². The molecule has 2 heterocycles. The number of amides is 1. The van der Waals surface area contributed by atoms with Crippen molar-refractivity contribution in [2.24, 2.45) is 0 Å². The van der Waals surface area contributed by atoms with Gasteiger partial charge in [-0.05, 0) is 32.9 Å². The van der Waals surface area contributed by atoms with Crippen LogP contribution in [0.15, 0.2) is 24.5 Å². The molecular formula is C16H23N5O. The topological polar surface area (TPSA) is 56.0 Å². The Hall–Kier alpha value is -2.37. The van der Waals surface area contributed by atoms with Crippen molar-refractivity contribution in [2.45, 2.75) is 40.4 Å². The van der Waals surface area contributed by atoms with Gasteiger partial charge in [0, 0.05) is 43.7 Å². The van der Waals surface area contributed by atoms with Crippen LogP contribution < -0.4 is 0 Å².